The summed E-state index contributed by atoms with van der Waals surface area (Å²) in [6, 6.07) is 0. The summed E-state index contributed by atoms with van der Waals surface area (Å²) >= 11 is 0. The lowest BCUT2D eigenvalue weighted by Crippen LogP contribution is -2.47. The molecule has 2 atom stereocenters. The highest BCUT2D eigenvalue weighted by molar-refractivity contribution is 4.89. The van der Waals surface area contributed by atoms with Gasteiger partial charge in [-0.25, -0.2) is 0 Å². The third-order valence-electron chi connectivity index (χ3n) is 4.70. The molecule has 2 aliphatic carbocycles. The quantitative estimate of drug-likeness (QED) is 0.810. The van der Waals surface area contributed by atoms with E-state index < -0.39 is 0 Å². The minimum Gasteiger partial charge on any atom is -0.370 e. The first-order valence-corrected chi connectivity index (χ1v) is 7.58. The molecule has 1 N–H and O–H groups in total. The average molecular weight is 239 g/mol. The Morgan fingerprint density at radius 2 is 1.76 bits per heavy atom. The minimum atomic E-state index is 0.156. The van der Waals surface area contributed by atoms with Gasteiger partial charge in [-0.15, -0.1) is 0 Å². The Balaban J connectivity index is 1.95. The van der Waals surface area contributed by atoms with Gasteiger partial charge in [0.25, 0.3) is 0 Å². The van der Waals surface area contributed by atoms with Crippen molar-refractivity contribution in [3.8, 4) is 0 Å². The number of hydrogen-bond donors (Lipinski definition) is 1. The monoisotopic (exact) mass is 239 g/mol. The van der Waals surface area contributed by atoms with Crippen molar-refractivity contribution in [1.82, 2.24) is 5.32 Å². The molecule has 0 aromatic carbocycles. The minimum absolute atomic E-state index is 0.156. The average Bonchev–Trinajstić information content (AvgIpc) is 2.34. The van der Waals surface area contributed by atoms with Crippen LogP contribution in [0.4, 0.5) is 0 Å². The van der Waals surface area contributed by atoms with Crippen molar-refractivity contribution in [2.75, 3.05) is 13.6 Å². The van der Waals surface area contributed by atoms with E-state index in [-0.39, 0.29) is 5.60 Å². The van der Waals surface area contributed by atoms with Gasteiger partial charge >= 0.3 is 0 Å². The van der Waals surface area contributed by atoms with Gasteiger partial charge < -0.3 is 10.1 Å². The second kappa shape index (κ2) is 6.19. The Labute approximate surface area is 107 Å². The molecule has 100 valence electrons. The van der Waals surface area contributed by atoms with E-state index in [1.54, 1.807) is 0 Å². The first-order chi connectivity index (χ1) is 8.26. The van der Waals surface area contributed by atoms with Crippen LogP contribution in [-0.4, -0.2) is 25.3 Å². The molecule has 0 aliphatic heterocycles. The Morgan fingerprint density at radius 3 is 2.41 bits per heavy atom. The Bertz CT molecular complexity index is 217. The number of rotatable bonds is 4. The van der Waals surface area contributed by atoms with Crippen molar-refractivity contribution in [3.63, 3.8) is 0 Å². The highest BCUT2D eigenvalue weighted by Gasteiger charge is 2.36. The largest absolute Gasteiger partial charge is 0.370 e. The van der Waals surface area contributed by atoms with Gasteiger partial charge in [0.15, 0.2) is 0 Å². The maximum absolute atomic E-state index is 6.61. The molecule has 2 nitrogen and oxygen atoms in total. The van der Waals surface area contributed by atoms with Gasteiger partial charge in [-0.05, 0) is 38.6 Å². The van der Waals surface area contributed by atoms with Crippen molar-refractivity contribution < 1.29 is 4.74 Å². The second-order valence-electron chi connectivity index (χ2n) is 6.19. The standard InChI is InChI=1S/C15H29NO/c1-13-8-4-5-9-14(13)17-15(12-16-2)10-6-3-7-11-15/h13-14,16H,3-12H2,1-2H3. The Morgan fingerprint density at radius 1 is 1.06 bits per heavy atom. The highest BCUT2D eigenvalue weighted by Crippen LogP contribution is 2.36. The van der Waals surface area contributed by atoms with E-state index in [0.717, 1.165) is 12.5 Å². The van der Waals surface area contributed by atoms with Crippen LogP contribution in [-0.2, 0) is 4.74 Å². The summed E-state index contributed by atoms with van der Waals surface area (Å²) in [7, 11) is 2.06. The topological polar surface area (TPSA) is 21.3 Å². The second-order valence-corrected chi connectivity index (χ2v) is 6.19. The van der Waals surface area contributed by atoms with Crippen LogP contribution in [0.5, 0.6) is 0 Å². The van der Waals surface area contributed by atoms with Crippen LogP contribution in [0.25, 0.3) is 0 Å². The molecule has 2 heteroatoms. The van der Waals surface area contributed by atoms with Gasteiger partial charge in [0.05, 0.1) is 11.7 Å². The maximum atomic E-state index is 6.61. The van der Waals surface area contributed by atoms with Gasteiger partial charge in [-0.2, -0.15) is 0 Å². The number of likely N-dealkylation sites (N-methyl/N-ethyl adjacent to an activating group) is 1. The van der Waals surface area contributed by atoms with Crippen LogP contribution in [0, 0.1) is 5.92 Å². The van der Waals surface area contributed by atoms with Crippen molar-refractivity contribution in [3.05, 3.63) is 0 Å². The summed E-state index contributed by atoms with van der Waals surface area (Å²) in [4.78, 5) is 0. The van der Waals surface area contributed by atoms with Gasteiger partial charge in [-0.3, -0.25) is 0 Å². The number of hydrogen-bond acceptors (Lipinski definition) is 2. The van der Waals surface area contributed by atoms with E-state index in [0.29, 0.717) is 6.10 Å². The smallest absolute Gasteiger partial charge is 0.0810 e. The molecular formula is C15H29NO. The first kappa shape index (κ1) is 13.4. The fourth-order valence-corrected chi connectivity index (χ4v) is 3.63. The molecule has 0 bridgehead atoms. The maximum Gasteiger partial charge on any atom is 0.0810 e. The third kappa shape index (κ3) is 3.45. The van der Waals surface area contributed by atoms with Gasteiger partial charge in [-0.1, -0.05) is 39.0 Å². The van der Waals surface area contributed by atoms with Crippen molar-refractivity contribution >= 4 is 0 Å². The zero-order valence-corrected chi connectivity index (χ0v) is 11.6. The van der Waals surface area contributed by atoms with E-state index in [9.17, 15) is 0 Å². The molecule has 0 heterocycles. The predicted octanol–water partition coefficient (Wildman–Crippen LogP) is 3.50. The van der Waals surface area contributed by atoms with Crippen molar-refractivity contribution in [1.29, 1.82) is 0 Å². The Hall–Kier alpha value is -0.0800. The lowest BCUT2D eigenvalue weighted by molar-refractivity contribution is -0.137. The Kier molecular flexibility index (Phi) is 4.87. The summed E-state index contributed by atoms with van der Waals surface area (Å²) in [5.74, 6) is 0.763. The van der Waals surface area contributed by atoms with Crippen LogP contribution in [0.3, 0.4) is 0 Å². The molecule has 0 aromatic heterocycles. The SMILES string of the molecule is CNCC1(OC2CCCCC2C)CCCCC1. The lowest BCUT2D eigenvalue weighted by atomic mass is 9.82. The molecule has 2 saturated carbocycles. The summed E-state index contributed by atoms with van der Waals surface area (Å²) < 4.78 is 6.61. The first-order valence-electron chi connectivity index (χ1n) is 7.58. The molecule has 0 aromatic rings. The molecular weight excluding hydrogens is 210 g/mol. The number of ether oxygens (including phenoxy) is 1. The summed E-state index contributed by atoms with van der Waals surface area (Å²) in [6.45, 7) is 3.41. The summed E-state index contributed by atoms with van der Waals surface area (Å²) in [5, 5.41) is 3.36. The highest BCUT2D eigenvalue weighted by atomic mass is 16.5. The van der Waals surface area contributed by atoms with Crippen molar-refractivity contribution in [2.24, 2.45) is 5.92 Å². The van der Waals surface area contributed by atoms with Gasteiger partial charge in [0.1, 0.15) is 0 Å². The summed E-state index contributed by atoms with van der Waals surface area (Å²) in [5.41, 5.74) is 0.156. The van der Waals surface area contributed by atoms with Crippen LogP contribution < -0.4 is 5.32 Å². The molecule has 17 heavy (non-hydrogen) atoms. The van der Waals surface area contributed by atoms with Crippen LogP contribution in [0.15, 0.2) is 0 Å². The lowest BCUT2D eigenvalue weighted by Gasteiger charge is -2.43. The third-order valence-corrected chi connectivity index (χ3v) is 4.70. The molecule has 2 aliphatic rings. The fraction of sp³-hybridized carbons (Fsp3) is 1.00. The van der Waals surface area contributed by atoms with Gasteiger partial charge in [0, 0.05) is 6.54 Å². The van der Waals surface area contributed by atoms with E-state index >= 15 is 0 Å². The van der Waals surface area contributed by atoms with Crippen molar-refractivity contribution in [2.45, 2.75) is 76.4 Å². The van der Waals surface area contributed by atoms with Gasteiger partial charge in [0.2, 0.25) is 0 Å². The zero-order valence-electron chi connectivity index (χ0n) is 11.6. The fourth-order valence-electron chi connectivity index (χ4n) is 3.63. The molecule has 2 unspecified atom stereocenters. The molecule has 2 fully saturated rings. The molecule has 0 spiro atoms. The molecule has 0 amide bonds. The normalized spacial score (nSPS) is 33.5. The van der Waals surface area contributed by atoms with Crippen LogP contribution >= 0.6 is 0 Å². The molecule has 2 rings (SSSR count). The predicted molar refractivity (Wildman–Crippen MR) is 72.2 cm³/mol. The summed E-state index contributed by atoms with van der Waals surface area (Å²) in [6.07, 6.45) is 12.6. The van der Waals surface area contributed by atoms with E-state index in [1.807, 2.05) is 0 Å². The van der Waals surface area contributed by atoms with E-state index in [2.05, 4.69) is 19.3 Å². The van der Waals surface area contributed by atoms with Crippen LogP contribution in [0.1, 0.15) is 64.7 Å². The zero-order chi connectivity index (χ0) is 12.1. The molecule has 0 radical (unpaired) electrons. The van der Waals surface area contributed by atoms with E-state index in [4.69, 9.17) is 4.74 Å². The molecule has 0 saturated heterocycles. The van der Waals surface area contributed by atoms with E-state index in [1.165, 1.54) is 57.8 Å². The van der Waals surface area contributed by atoms with Crippen LogP contribution in [0.2, 0.25) is 0 Å². The number of nitrogens with one attached hydrogen (secondary N) is 1.